The first-order chi connectivity index (χ1) is 37.6. The monoisotopic (exact) mass is 992 g/mol. The molecule has 0 saturated heterocycles. The molecule has 4 atom stereocenters. The van der Waals surface area contributed by atoms with E-state index in [1.807, 2.05) is 24.8 Å². The molecule has 4 heterocycles. The predicted octanol–water partition coefficient (Wildman–Crippen LogP) is 18.5. The highest BCUT2D eigenvalue weighted by molar-refractivity contribution is 6.27. The number of nitrogens with zero attached hydrogens (tertiary/aromatic N) is 4. The molecule has 1 spiro atoms. The van der Waals surface area contributed by atoms with Gasteiger partial charge in [0, 0.05) is 58.4 Å². The predicted molar refractivity (Wildman–Crippen MR) is 319 cm³/mol. The van der Waals surface area contributed by atoms with Crippen LogP contribution in [0.2, 0.25) is 0 Å². The fourth-order valence-corrected chi connectivity index (χ4v) is 17.5. The molecular formula is C73H60N4. The number of benzene rings is 9. The Bertz CT molecular complexity index is 4140. The van der Waals surface area contributed by atoms with E-state index in [-0.39, 0.29) is 21.9 Å². The normalized spacial score (nSPS) is 25.2. The van der Waals surface area contributed by atoms with Crippen molar-refractivity contribution in [2.75, 3.05) is 9.80 Å². The Hall–Kier alpha value is -8.08. The second-order valence-corrected chi connectivity index (χ2v) is 24.6. The minimum atomic E-state index is -0.571. The zero-order chi connectivity index (χ0) is 51.2. The van der Waals surface area contributed by atoms with Crippen molar-refractivity contribution in [3.63, 3.8) is 0 Å². The summed E-state index contributed by atoms with van der Waals surface area (Å²) in [7, 11) is 0. The molecule has 372 valence electrons. The lowest BCUT2D eigenvalue weighted by Gasteiger charge is -2.50. The molecule has 17 rings (SSSR count). The van der Waals surface area contributed by atoms with Gasteiger partial charge in [-0.2, -0.15) is 0 Å². The highest BCUT2D eigenvalue weighted by atomic mass is 15.3. The molecule has 0 bridgehead atoms. The first-order valence-electron chi connectivity index (χ1n) is 28.4. The molecular weight excluding hydrogens is 933 g/mol. The fourth-order valence-electron chi connectivity index (χ4n) is 17.5. The van der Waals surface area contributed by atoms with Gasteiger partial charge in [0.1, 0.15) is 0 Å². The summed E-state index contributed by atoms with van der Waals surface area (Å²) >= 11 is 0. The van der Waals surface area contributed by atoms with Crippen LogP contribution in [0.25, 0.3) is 76.8 Å². The second-order valence-electron chi connectivity index (χ2n) is 24.6. The van der Waals surface area contributed by atoms with Crippen molar-refractivity contribution >= 4 is 55.1 Å². The number of aromatic nitrogens is 2. The van der Waals surface area contributed by atoms with E-state index in [0.717, 1.165) is 12.8 Å². The summed E-state index contributed by atoms with van der Waals surface area (Å²) in [5.41, 5.74) is 23.4. The number of pyridine rings is 2. The van der Waals surface area contributed by atoms with Crippen molar-refractivity contribution in [2.45, 2.75) is 106 Å². The lowest BCUT2D eigenvalue weighted by atomic mass is 9.61. The van der Waals surface area contributed by atoms with E-state index in [9.17, 15) is 0 Å². The third kappa shape index (κ3) is 5.35. The van der Waals surface area contributed by atoms with Crippen molar-refractivity contribution in [3.8, 4) is 44.5 Å². The highest BCUT2D eigenvalue weighted by Crippen LogP contribution is 2.67. The SMILES string of the molecule is CC12CCCCC1(C)N(c1ccncc1)c1ccc(-c3ccc4c(c3)C3(c5cc(-c6ccc7c(c6)C6(C)CCCCC6(C)N7c6ccncc6)ccc5-4)c4ccccc4-c4c3cc3ccc5cccc6ccc4c3c56)cc12. The third-order valence-corrected chi connectivity index (χ3v) is 21.5. The number of anilines is 4. The summed E-state index contributed by atoms with van der Waals surface area (Å²) in [6.07, 6.45) is 17.5. The molecule has 9 aromatic carbocycles. The van der Waals surface area contributed by atoms with Gasteiger partial charge in [0.15, 0.2) is 0 Å². The zero-order valence-corrected chi connectivity index (χ0v) is 44.4. The van der Waals surface area contributed by atoms with Gasteiger partial charge in [0.25, 0.3) is 0 Å². The van der Waals surface area contributed by atoms with Crippen LogP contribution in [0.15, 0.2) is 195 Å². The van der Waals surface area contributed by atoms with Crippen LogP contribution in [0.3, 0.4) is 0 Å². The molecule has 4 aliphatic carbocycles. The van der Waals surface area contributed by atoms with Gasteiger partial charge in [-0.3, -0.25) is 9.97 Å². The van der Waals surface area contributed by atoms with E-state index < -0.39 is 5.41 Å². The van der Waals surface area contributed by atoms with Crippen LogP contribution in [0.1, 0.15) is 112 Å². The van der Waals surface area contributed by atoms with E-state index in [0.29, 0.717) is 0 Å². The number of hydrogen-bond acceptors (Lipinski definition) is 4. The molecule has 6 aliphatic rings. The summed E-state index contributed by atoms with van der Waals surface area (Å²) in [6, 6.07) is 67.0. The van der Waals surface area contributed by atoms with Gasteiger partial charge < -0.3 is 9.80 Å². The van der Waals surface area contributed by atoms with Crippen molar-refractivity contribution in [3.05, 3.63) is 228 Å². The van der Waals surface area contributed by atoms with Crippen LogP contribution < -0.4 is 9.80 Å². The second kappa shape index (κ2) is 15.1. The molecule has 2 aromatic heterocycles. The van der Waals surface area contributed by atoms with Crippen molar-refractivity contribution in [1.82, 2.24) is 9.97 Å². The number of rotatable bonds is 4. The molecule has 2 fully saturated rings. The zero-order valence-electron chi connectivity index (χ0n) is 44.4. The van der Waals surface area contributed by atoms with Crippen molar-refractivity contribution in [2.24, 2.45) is 0 Å². The Balaban J connectivity index is 0.902. The van der Waals surface area contributed by atoms with E-state index in [2.05, 4.69) is 217 Å². The van der Waals surface area contributed by atoms with E-state index in [1.54, 1.807) is 0 Å². The molecule has 4 unspecified atom stereocenters. The van der Waals surface area contributed by atoms with Gasteiger partial charge in [0.2, 0.25) is 0 Å². The Kier molecular flexibility index (Phi) is 8.65. The van der Waals surface area contributed by atoms with Crippen molar-refractivity contribution < 1.29 is 0 Å². The van der Waals surface area contributed by atoms with Gasteiger partial charge in [-0.1, -0.05) is 143 Å². The standard InChI is InChI=1S/C73H60N4/c1-69-32-7-9-34-71(69,3)76(52-28-36-74-37-29-52)64-26-21-49(42-61(64)69)47-19-23-54-55-24-20-48(50-22-27-65-62(43-50)70(2)33-8-10-35-72(70,4)77(65)53-30-38-75-39-31-53)41-60(55)73(59(54)40-47)58-15-6-5-14-56(58)68-57-25-18-46-13-11-12-45-16-17-51(44-63(68)73)67(57)66(45)46/h5-6,11-31,36-44H,7-10,32-35H2,1-4H3. The van der Waals surface area contributed by atoms with Crippen LogP contribution in [0, 0.1) is 0 Å². The average molecular weight is 993 g/mol. The largest absolute Gasteiger partial charge is 0.334 e. The Morgan fingerprint density at radius 2 is 0.844 bits per heavy atom. The highest BCUT2D eigenvalue weighted by Gasteiger charge is 2.59. The van der Waals surface area contributed by atoms with Crippen LogP contribution in [-0.4, -0.2) is 21.0 Å². The molecule has 0 N–H and O–H groups in total. The molecule has 11 aromatic rings. The molecule has 4 nitrogen and oxygen atoms in total. The Labute approximate surface area is 451 Å². The van der Waals surface area contributed by atoms with E-state index in [1.165, 1.54) is 171 Å². The van der Waals surface area contributed by atoms with E-state index in [4.69, 9.17) is 0 Å². The molecule has 0 radical (unpaired) electrons. The maximum Gasteiger partial charge on any atom is 0.0726 e. The van der Waals surface area contributed by atoms with Crippen LogP contribution in [-0.2, 0) is 16.2 Å². The maximum absolute atomic E-state index is 4.44. The first kappa shape index (κ1) is 44.1. The quantitative estimate of drug-likeness (QED) is 0.165. The van der Waals surface area contributed by atoms with Gasteiger partial charge in [0.05, 0.1) is 16.5 Å². The summed E-state index contributed by atoms with van der Waals surface area (Å²) < 4.78 is 0. The lowest BCUT2D eigenvalue weighted by molar-refractivity contribution is 0.195. The van der Waals surface area contributed by atoms with Crippen LogP contribution in [0.4, 0.5) is 22.7 Å². The molecule has 2 aliphatic heterocycles. The smallest absolute Gasteiger partial charge is 0.0726 e. The summed E-state index contributed by atoms with van der Waals surface area (Å²) in [4.78, 5) is 14.2. The summed E-state index contributed by atoms with van der Waals surface area (Å²) in [5.74, 6) is 0. The topological polar surface area (TPSA) is 32.3 Å². The minimum Gasteiger partial charge on any atom is -0.334 e. The lowest BCUT2D eigenvalue weighted by Crippen LogP contribution is -2.54. The number of fused-ring (bicyclic) bond motifs is 17. The molecule has 77 heavy (non-hydrogen) atoms. The third-order valence-electron chi connectivity index (χ3n) is 21.5. The average Bonchev–Trinajstić information content (AvgIpc) is 4.30. The maximum atomic E-state index is 4.44. The minimum absolute atomic E-state index is 0.00429. The van der Waals surface area contributed by atoms with Crippen LogP contribution >= 0.6 is 0 Å². The van der Waals surface area contributed by atoms with Gasteiger partial charge in [-0.25, -0.2) is 0 Å². The van der Waals surface area contributed by atoms with Gasteiger partial charge in [-0.05, 0) is 216 Å². The first-order valence-corrected chi connectivity index (χ1v) is 28.4. The fraction of sp³-hybridized carbons (Fsp3) is 0.233. The van der Waals surface area contributed by atoms with Gasteiger partial charge >= 0.3 is 0 Å². The van der Waals surface area contributed by atoms with Gasteiger partial charge in [-0.15, -0.1) is 0 Å². The molecule has 0 amide bonds. The Morgan fingerprint density at radius 3 is 1.40 bits per heavy atom. The molecule has 2 saturated carbocycles. The summed E-state index contributed by atoms with van der Waals surface area (Å²) in [5, 5.41) is 7.98. The summed E-state index contributed by atoms with van der Waals surface area (Å²) in [6.45, 7) is 10.2. The Morgan fingerprint density at radius 1 is 0.364 bits per heavy atom. The van der Waals surface area contributed by atoms with Crippen molar-refractivity contribution in [1.29, 1.82) is 0 Å². The van der Waals surface area contributed by atoms with Crippen LogP contribution in [0.5, 0.6) is 0 Å². The molecule has 4 heteroatoms. The number of hydrogen-bond donors (Lipinski definition) is 0. The van der Waals surface area contributed by atoms with E-state index >= 15 is 0 Å².